The summed E-state index contributed by atoms with van der Waals surface area (Å²) in [5.74, 6) is 2.27. The van der Waals surface area contributed by atoms with E-state index in [1.807, 2.05) is 23.1 Å². The van der Waals surface area contributed by atoms with E-state index in [2.05, 4.69) is 63.8 Å². The lowest BCUT2D eigenvalue weighted by Crippen LogP contribution is -2.36. The summed E-state index contributed by atoms with van der Waals surface area (Å²) in [6.07, 6.45) is 0.981. The third-order valence-electron chi connectivity index (χ3n) is 6.14. The molecule has 0 atom stereocenters. The molecule has 0 aliphatic carbocycles. The molecule has 1 aliphatic heterocycles. The summed E-state index contributed by atoms with van der Waals surface area (Å²) in [6, 6.07) is 16.5. The minimum absolute atomic E-state index is 0.166. The second kappa shape index (κ2) is 11.5. The summed E-state index contributed by atoms with van der Waals surface area (Å²) in [7, 11) is 1.68. The number of amides is 1. The Hall–Kier alpha value is -2.84. The van der Waals surface area contributed by atoms with Gasteiger partial charge in [0.2, 0.25) is 5.91 Å². The second-order valence-corrected chi connectivity index (χ2v) is 9.51. The molecule has 8 heteroatoms. The molecule has 0 unspecified atom stereocenters. The van der Waals surface area contributed by atoms with Crippen LogP contribution in [0.4, 0.5) is 0 Å². The van der Waals surface area contributed by atoms with Crippen LogP contribution in [-0.4, -0.2) is 69.5 Å². The molecule has 1 saturated heterocycles. The Morgan fingerprint density at radius 1 is 1.06 bits per heavy atom. The zero-order valence-corrected chi connectivity index (χ0v) is 21.1. The normalized spacial score (nSPS) is 14.7. The Labute approximate surface area is 206 Å². The maximum absolute atomic E-state index is 13.0. The number of hydrogen-bond acceptors (Lipinski definition) is 6. The van der Waals surface area contributed by atoms with Crippen molar-refractivity contribution >= 4 is 17.7 Å². The van der Waals surface area contributed by atoms with Gasteiger partial charge in [-0.15, -0.1) is 10.2 Å². The van der Waals surface area contributed by atoms with Crippen molar-refractivity contribution in [2.24, 2.45) is 0 Å². The minimum atomic E-state index is 0.166. The van der Waals surface area contributed by atoms with Crippen molar-refractivity contribution in [3.63, 3.8) is 0 Å². The number of aryl methyl sites for hydroxylation is 1. The molecule has 1 aliphatic rings. The molecule has 1 amide bonds. The molecule has 0 radical (unpaired) electrons. The quantitative estimate of drug-likeness (QED) is 0.453. The van der Waals surface area contributed by atoms with E-state index >= 15 is 0 Å². The molecule has 1 aromatic heterocycles. The Morgan fingerprint density at radius 3 is 2.62 bits per heavy atom. The molecule has 34 heavy (non-hydrogen) atoms. The minimum Gasteiger partial charge on any atom is -0.497 e. The van der Waals surface area contributed by atoms with Gasteiger partial charge in [0.1, 0.15) is 5.75 Å². The monoisotopic (exact) mass is 479 g/mol. The van der Waals surface area contributed by atoms with Gasteiger partial charge in [0.25, 0.3) is 0 Å². The molecule has 2 heterocycles. The first-order valence-corrected chi connectivity index (χ1v) is 12.8. The molecule has 1 fully saturated rings. The van der Waals surface area contributed by atoms with Crippen LogP contribution in [0.1, 0.15) is 24.5 Å². The molecule has 180 valence electrons. The first-order chi connectivity index (χ1) is 16.6. The van der Waals surface area contributed by atoms with Gasteiger partial charge in [0, 0.05) is 44.8 Å². The van der Waals surface area contributed by atoms with Crippen LogP contribution in [0, 0.1) is 6.92 Å². The fraction of sp³-hybridized carbons (Fsp3) is 0.423. The number of carbonyl (C=O) groups is 1. The van der Waals surface area contributed by atoms with Gasteiger partial charge in [-0.1, -0.05) is 47.7 Å². The predicted molar refractivity (Wildman–Crippen MR) is 136 cm³/mol. The van der Waals surface area contributed by atoms with Crippen LogP contribution < -0.4 is 4.74 Å². The first-order valence-electron chi connectivity index (χ1n) is 11.8. The summed E-state index contributed by atoms with van der Waals surface area (Å²) < 4.78 is 7.34. The van der Waals surface area contributed by atoms with E-state index in [0.29, 0.717) is 5.75 Å². The molecule has 0 saturated carbocycles. The molecule has 7 nitrogen and oxygen atoms in total. The average Bonchev–Trinajstić information content (AvgIpc) is 3.13. The van der Waals surface area contributed by atoms with Crippen molar-refractivity contribution in [1.29, 1.82) is 0 Å². The van der Waals surface area contributed by atoms with Crippen molar-refractivity contribution in [1.82, 2.24) is 24.6 Å². The summed E-state index contributed by atoms with van der Waals surface area (Å²) in [5, 5.41) is 9.60. The standard InChI is InChI=1S/C26H33N5O2S/c1-4-31-25(22-8-5-7-20(2)17-22)27-28-26(31)34-19-24(32)30-14-6-13-29(15-16-30)18-21-9-11-23(33-3)12-10-21/h5,7-12,17H,4,6,13-16,18-19H2,1-3H3. The van der Waals surface area contributed by atoms with Gasteiger partial charge in [0.15, 0.2) is 11.0 Å². The summed E-state index contributed by atoms with van der Waals surface area (Å²) in [6.45, 7) is 9.24. The highest BCUT2D eigenvalue weighted by molar-refractivity contribution is 7.99. The van der Waals surface area contributed by atoms with E-state index in [0.717, 1.165) is 68.0 Å². The van der Waals surface area contributed by atoms with Crippen LogP contribution in [0.25, 0.3) is 11.4 Å². The van der Waals surface area contributed by atoms with E-state index in [1.54, 1.807) is 7.11 Å². The molecule has 0 N–H and O–H groups in total. The van der Waals surface area contributed by atoms with E-state index in [-0.39, 0.29) is 5.91 Å². The van der Waals surface area contributed by atoms with Gasteiger partial charge < -0.3 is 14.2 Å². The lowest BCUT2D eigenvalue weighted by molar-refractivity contribution is -0.128. The molecular weight excluding hydrogens is 446 g/mol. The van der Waals surface area contributed by atoms with E-state index in [4.69, 9.17) is 4.74 Å². The highest BCUT2D eigenvalue weighted by atomic mass is 32.2. The van der Waals surface area contributed by atoms with Crippen LogP contribution in [0.15, 0.2) is 53.7 Å². The number of benzene rings is 2. The van der Waals surface area contributed by atoms with E-state index < -0.39 is 0 Å². The zero-order valence-electron chi connectivity index (χ0n) is 20.2. The number of rotatable bonds is 8. The highest BCUT2D eigenvalue weighted by Gasteiger charge is 2.21. The van der Waals surface area contributed by atoms with E-state index in [9.17, 15) is 4.79 Å². The first kappa shape index (κ1) is 24.3. The summed E-state index contributed by atoms with van der Waals surface area (Å²) in [5.41, 5.74) is 3.51. The van der Waals surface area contributed by atoms with Crippen molar-refractivity contribution in [3.05, 3.63) is 59.7 Å². The van der Waals surface area contributed by atoms with Gasteiger partial charge >= 0.3 is 0 Å². The van der Waals surface area contributed by atoms with Crippen molar-refractivity contribution in [2.45, 2.75) is 38.5 Å². The largest absolute Gasteiger partial charge is 0.497 e. The van der Waals surface area contributed by atoms with Gasteiger partial charge in [-0.2, -0.15) is 0 Å². The van der Waals surface area contributed by atoms with Crippen LogP contribution in [0.3, 0.4) is 0 Å². The van der Waals surface area contributed by atoms with Crippen LogP contribution in [0.5, 0.6) is 5.75 Å². The van der Waals surface area contributed by atoms with Crippen LogP contribution in [-0.2, 0) is 17.9 Å². The summed E-state index contributed by atoms with van der Waals surface area (Å²) >= 11 is 1.48. The SMILES string of the molecule is CCn1c(SCC(=O)N2CCCN(Cc3ccc(OC)cc3)CC2)nnc1-c1cccc(C)c1. The van der Waals surface area contributed by atoms with E-state index in [1.165, 1.54) is 22.9 Å². The molecule has 0 bridgehead atoms. The fourth-order valence-electron chi connectivity index (χ4n) is 4.26. The number of hydrogen-bond donors (Lipinski definition) is 0. The maximum atomic E-state index is 13.0. The Kier molecular flexibility index (Phi) is 8.24. The maximum Gasteiger partial charge on any atom is 0.233 e. The van der Waals surface area contributed by atoms with Gasteiger partial charge in [-0.3, -0.25) is 9.69 Å². The smallest absolute Gasteiger partial charge is 0.233 e. The molecule has 0 spiro atoms. The summed E-state index contributed by atoms with van der Waals surface area (Å²) in [4.78, 5) is 17.4. The van der Waals surface area contributed by atoms with Crippen molar-refractivity contribution < 1.29 is 9.53 Å². The number of ether oxygens (including phenoxy) is 1. The van der Waals surface area contributed by atoms with Crippen molar-refractivity contribution in [2.75, 3.05) is 39.0 Å². The second-order valence-electron chi connectivity index (χ2n) is 8.57. The fourth-order valence-corrected chi connectivity index (χ4v) is 5.17. The zero-order chi connectivity index (χ0) is 23.9. The number of thioether (sulfide) groups is 1. The highest BCUT2D eigenvalue weighted by Crippen LogP contribution is 2.25. The number of carbonyl (C=O) groups excluding carboxylic acids is 1. The molecule has 3 aromatic rings. The lowest BCUT2D eigenvalue weighted by Gasteiger charge is -2.22. The van der Waals surface area contributed by atoms with Crippen LogP contribution in [0.2, 0.25) is 0 Å². The molecular formula is C26H33N5O2S. The third-order valence-corrected chi connectivity index (χ3v) is 7.09. The number of nitrogens with zero attached hydrogens (tertiary/aromatic N) is 5. The third kappa shape index (κ3) is 5.98. The lowest BCUT2D eigenvalue weighted by atomic mass is 10.1. The Balaban J connectivity index is 1.32. The van der Waals surface area contributed by atoms with Gasteiger partial charge in [-0.25, -0.2) is 0 Å². The molecule has 2 aromatic carbocycles. The van der Waals surface area contributed by atoms with Crippen molar-refractivity contribution in [3.8, 4) is 17.1 Å². The van der Waals surface area contributed by atoms with Gasteiger partial charge in [-0.05, 0) is 44.0 Å². The average molecular weight is 480 g/mol. The topological polar surface area (TPSA) is 63.5 Å². The Morgan fingerprint density at radius 2 is 1.88 bits per heavy atom. The predicted octanol–water partition coefficient (Wildman–Crippen LogP) is 4.11. The molecule has 4 rings (SSSR count). The van der Waals surface area contributed by atoms with Gasteiger partial charge in [0.05, 0.1) is 12.9 Å². The number of aromatic nitrogens is 3. The Bertz CT molecular complexity index is 1100. The number of methoxy groups -OCH3 is 1. The van der Waals surface area contributed by atoms with Crippen LogP contribution >= 0.6 is 11.8 Å².